The van der Waals surface area contributed by atoms with Gasteiger partial charge in [0.05, 0.1) is 66.8 Å². The molecule has 10 aromatic carbocycles. The van der Waals surface area contributed by atoms with Gasteiger partial charge in [0.1, 0.15) is 23.3 Å². The van der Waals surface area contributed by atoms with Crippen LogP contribution in [0.15, 0.2) is 206 Å². The van der Waals surface area contributed by atoms with Crippen molar-refractivity contribution in [2.45, 2.75) is 234 Å². The van der Waals surface area contributed by atoms with E-state index in [-0.39, 0.29) is 41.2 Å². The molecule has 0 aliphatic carbocycles. The van der Waals surface area contributed by atoms with Crippen molar-refractivity contribution in [2.24, 2.45) is 21.7 Å². The maximum absolute atomic E-state index is 15.6. The van der Waals surface area contributed by atoms with Crippen molar-refractivity contribution in [2.75, 3.05) is 0 Å². The third-order valence-electron chi connectivity index (χ3n) is 24.0. The van der Waals surface area contributed by atoms with Gasteiger partial charge in [0.15, 0.2) is 0 Å². The lowest BCUT2D eigenvalue weighted by Crippen LogP contribution is -2.34. The first-order valence-corrected chi connectivity index (χ1v) is 45.2. The van der Waals surface area contributed by atoms with Crippen LogP contribution in [0.5, 0.6) is 0 Å². The number of benzene rings is 10. The molecule has 15 rings (SSSR count). The van der Waals surface area contributed by atoms with Crippen LogP contribution >= 0.6 is 0 Å². The van der Waals surface area contributed by atoms with E-state index in [1.165, 1.54) is 75.5 Å². The number of fused-ring (bicyclic) bond motifs is 5. The molecule has 21 heteroatoms. The van der Waals surface area contributed by atoms with Crippen LogP contribution in [-0.4, -0.2) is 49.6 Å². The van der Waals surface area contributed by atoms with Gasteiger partial charge in [-0.2, -0.15) is 52.7 Å². The number of alkyl halides is 12. The molecule has 15 aromatic rings. The molecular formula is C114H117F16N5. The first kappa shape index (κ1) is 104. The summed E-state index contributed by atoms with van der Waals surface area (Å²) in [7, 11) is 0. The van der Waals surface area contributed by atoms with Gasteiger partial charge in [-0.05, 0) is 279 Å². The van der Waals surface area contributed by atoms with Gasteiger partial charge in [0.2, 0.25) is 0 Å². The van der Waals surface area contributed by atoms with Crippen molar-refractivity contribution in [1.29, 1.82) is 0 Å². The number of aryl methyl sites for hydroxylation is 12. The SMILES string of the molecule is CCCc1c(F)c(CCC(F)(F)F)cc2nc(-c3cc(C)cc(C)c3)ccc12.Cc1cc(C)cc(-c2cc(F)c3cc(CC(C)(C)C(F)(F)F)ccc3n2)c1.Cc1cc(C)cc(-c2cc(F)c3ccc(CC(C)(C)C(F)(F)F)cc3n2)c1.Cc1cc(C)cc(-c2ccc3c(CC(C)(C)C)c(F)c(CC(C)(C)C(F)(F)F)cc3n2)c1.Cc1cc(C)cc(-c2nccc3cc(C(C)C)ccc23)c1. The number of hydrogen-bond acceptors (Lipinski definition) is 5. The highest BCUT2D eigenvalue weighted by atomic mass is 19.4. The Hall–Kier alpha value is -11.9. The lowest BCUT2D eigenvalue weighted by atomic mass is 9.81. The van der Waals surface area contributed by atoms with Crippen molar-refractivity contribution < 1.29 is 70.2 Å². The molecule has 0 saturated carbocycles. The first-order chi connectivity index (χ1) is 62.7. The van der Waals surface area contributed by atoms with Crippen LogP contribution in [0.1, 0.15) is 196 Å². The van der Waals surface area contributed by atoms with E-state index in [4.69, 9.17) is 4.98 Å². The van der Waals surface area contributed by atoms with Gasteiger partial charge in [0.25, 0.3) is 0 Å². The minimum absolute atomic E-state index is 0.0594. The molecule has 5 heterocycles. The van der Waals surface area contributed by atoms with Gasteiger partial charge in [0, 0.05) is 79.5 Å². The highest BCUT2D eigenvalue weighted by Gasteiger charge is 2.49. The largest absolute Gasteiger partial charge is 0.394 e. The predicted octanol–water partition coefficient (Wildman–Crippen LogP) is 34.7. The van der Waals surface area contributed by atoms with Crippen LogP contribution in [0.25, 0.3) is 111 Å². The molecule has 5 aromatic heterocycles. The molecule has 710 valence electrons. The minimum Gasteiger partial charge on any atom is -0.256 e. The molecular weight excluding hydrogens is 1740 g/mol. The standard InChI is InChI=1S/C27H31F4N.C23H23F4N.2C22H21F4N.C20H21N/c1-16-10-17(2)12-18(11-16)22-9-8-20-21(15-25(3,4)5)24(28)19(13-23(20)32-22)14-26(6,7)27(29,30)31;1-4-5-19-18-6-7-20(17-11-14(2)10-15(3)12-17)28-21(18)13-16(22(19)24)8-9-23(25,26)27;1-13-7-14(2)9-16(8-13)20-11-18(23)17-10-15(5-6-19(17)27-20)12-21(3,4)22(24,25)26;1-13-7-14(2)9-16(8-13)19-11-18(23)17-6-5-15(10-20(17)27-19)12-21(3,4)22(24,25)26;1-13(2)16-5-6-19-17(12-16)7-8-21-20(19)18-10-14(3)9-15(4)11-18/h8-13H,14-15H2,1-7H3;6-7,10-13H,4-5,8-9H2,1-3H3;2*5-11H,12H2,1-4H3;5-13H,1-4H3. The topological polar surface area (TPSA) is 64.5 Å². The van der Waals surface area contributed by atoms with Crippen LogP contribution in [0, 0.1) is 114 Å². The highest BCUT2D eigenvalue weighted by molar-refractivity contribution is 5.95. The van der Waals surface area contributed by atoms with Gasteiger partial charge in [-0.15, -0.1) is 0 Å². The number of rotatable bonds is 17. The van der Waals surface area contributed by atoms with E-state index >= 15 is 4.39 Å². The Bertz CT molecular complexity index is 6760. The molecule has 0 atom stereocenters. The quantitative estimate of drug-likeness (QED) is 0.0850. The van der Waals surface area contributed by atoms with Crippen molar-refractivity contribution in [3.63, 3.8) is 0 Å². The van der Waals surface area contributed by atoms with E-state index in [9.17, 15) is 65.9 Å². The zero-order chi connectivity index (χ0) is 99.5. The third kappa shape index (κ3) is 26.2. The Labute approximate surface area is 781 Å². The van der Waals surface area contributed by atoms with Crippen molar-refractivity contribution in [3.8, 4) is 56.3 Å². The number of halogens is 16. The van der Waals surface area contributed by atoms with E-state index in [1.54, 1.807) is 18.2 Å². The zero-order valence-corrected chi connectivity index (χ0v) is 80.6. The van der Waals surface area contributed by atoms with E-state index in [2.05, 4.69) is 102 Å². The smallest absolute Gasteiger partial charge is 0.256 e. The molecule has 0 bridgehead atoms. The Morgan fingerprint density at radius 3 is 1.10 bits per heavy atom. The fourth-order valence-electron chi connectivity index (χ4n) is 17.0. The molecule has 0 amide bonds. The van der Waals surface area contributed by atoms with Crippen LogP contribution in [0.2, 0.25) is 0 Å². The maximum Gasteiger partial charge on any atom is 0.394 e. The minimum atomic E-state index is -4.44. The summed E-state index contributed by atoms with van der Waals surface area (Å²) in [5, 5.41) is 4.36. The van der Waals surface area contributed by atoms with Crippen molar-refractivity contribution in [3.05, 3.63) is 324 Å². The fraction of sp³-hybridized carbons (Fsp3) is 0.342. The van der Waals surface area contributed by atoms with Gasteiger partial charge < -0.3 is 0 Å². The lowest BCUT2D eigenvalue weighted by Gasteiger charge is -2.29. The van der Waals surface area contributed by atoms with Crippen LogP contribution in [-0.2, 0) is 38.5 Å². The zero-order valence-electron chi connectivity index (χ0n) is 80.6. The molecule has 0 spiro atoms. The number of aromatic nitrogens is 5. The molecule has 0 aliphatic heterocycles. The summed E-state index contributed by atoms with van der Waals surface area (Å²) in [6, 6.07) is 61.7. The molecule has 5 nitrogen and oxygen atoms in total. The average Bonchev–Trinajstić information content (AvgIpc) is 0.763. The monoisotopic (exact) mass is 1860 g/mol. The molecule has 0 unspecified atom stereocenters. The summed E-state index contributed by atoms with van der Waals surface area (Å²) in [4.78, 5) is 23.1. The second-order valence-corrected chi connectivity index (χ2v) is 39.8. The molecule has 135 heavy (non-hydrogen) atoms. The number of hydrogen-bond donors (Lipinski definition) is 0. The fourth-order valence-corrected chi connectivity index (χ4v) is 17.0. The second-order valence-electron chi connectivity index (χ2n) is 39.8. The first-order valence-electron chi connectivity index (χ1n) is 45.2. The van der Waals surface area contributed by atoms with Crippen LogP contribution in [0.4, 0.5) is 70.2 Å². The average molecular weight is 1860 g/mol. The van der Waals surface area contributed by atoms with E-state index in [0.29, 0.717) is 97.0 Å². The van der Waals surface area contributed by atoms with Crippen molar-refractivity contribution in [1.82, 2.24) is 24.9 Å². The highest BCUT2D eigenvalue weighted by Crippen LogP contribution is 2.46. The van der Waals surface area contributed by atoms with E-state index in [1.807, 2.05) is 174 Å². The third-order valence-corrected chi connectivity index (χ3v) is 24.0. The van der Waals surface area contributed by atoms with Gasteiger partial charge >= 0.3 is 24.7 Å². The molecule has 0 radical (unpaired) electrons. The Morgan fingerprint density at radius 2 is 0.667 bits per heavy atom. The summed E-state index contributed by atoms with van der Waals surface area (Å²) in [6.45, 7) is 39.3. The molecule has 0 fully saturated rings. The predicted molar refractivity (Wildman–Crippen MR) is 519 cm³/mol. The normalized spacial score (nSPS) is 12.4. The Balaban J connectivity index is 0.000000163. The Morgan fingerprint density at radius 1 is 0.304 bits per heavy atom. The van der Waals surface area contributed by atoms with Gasteiger partial charge in [-0.3, -0.25) is 4.98 Å². The summed E-state index contributed by atoms with van der Waals surface area (Å²) in [5.41, 5.74) is 18.5. The van der Waals surface area contributed by atoms with Crippen LogP contribution in [0.3, 0.4) is 0 Å². The van der Waals surface area contributed by atoms with Crippen molar-refractivity contribution >= 4 is 54.4 Å². The van der Waals surface area contributed by atoms with Crippen LogP contribution < -0.4 is 0 Å². The maximum atomic E-state index is 15.6. The summed E-state index contributed by atoms with van der Waals surface area (Å²) < 4.78 is 217. The Kier molecular flexibility index (Phi) is 31.4. The summed E-state index contributed by atoms with van der Waals surface area (Å²) >= 11 is 0. The summed E-state index contributed by atoms with van der Waals surface area (Å²) in [6.07, 6.45) is -16.2. The lowest BCUT2D eigenvalue weighted by molar-refractivity contribution is -0.211. The number of pyridine rings is 5. The van der Waals surface area contributed by atoms with Gasteiger partial charge in [-0.1, -0.05) is 218 Å². The summed E-state index contributed by atoms with van der Waals surface area (Å²) in [5.74, 6) is -1.45. The molecule has 0 N–H and O–H groups in total. The number of nitrogens with zero attached hydrogens (tertiary/aromatic N) is 5. The second kappa shape index (κ2) is 41.0. The molecule has 0 aliphatic rings. The van der Waals surface area contributed by atoms with Gasteiger partial charge in [-0.25, -0.2) is 37.5 Å². The van der Waals surface area contributed by atoms with E-state index < -0.39 is 77.1 Å². The van der Waals surface area contributed by atoms with E-state index in [0.717, 1.165) is 125 Å². The molecule has 0 saturated heterocycles.